The van der Waals surface area contributed by atoms with Crippen LogP contribution in [0.15, 0.2) is 29.2 Å². The Labute approximate surface area is 158 Å². The molecule has 0 aromatic heterocycles. The summed E-state index contributed by atoms with van der Waals surface area (Å²) in [4.78, 5) is 27.9. The highest BCUT2D eigenvalue weighted by Gasteiger charge is 2.35. The number of carbonyl (C=O) groups is 2. The zero-order valence-electron chi connectivity index (χ0n) is 14.4. The van der Waals surface area contributed by atoms with Crippen LogP contribution in [0.3, 0.4) is 0 Å². The molecule has 1 N–H and O–H groups in total. The number of amides is 2. The van der Waals surface area contributed by atoms with Crippen LogP contribution in [0.2, 0.25) is 5.02 Å². The highest BCUT2D eigenvalue weighted by molar-refractivity contribution is 7.89. The van der Waals surface area contributed by atoms with Gasteiger partial charge in [-0.15, -0.1) is 0 Å². The van der Waals surface area contributed by atoms with Gasteiger partial charge in [0.15, 0.2) is 0 Å². The number of hydrogen-bond donors (Lipinski definition) is 1. The van der Waals surface area contributed by atoms with Gasteiger partial charge in [-0.2, -0.15) is 0 Å². The van der Waals surface area contributed by atoms with E-state index in [0.29, 0.717) is 31.2 Å². The molecule has 1 aliphatic heterocycles. The molecule has 0 unspecified atom stereocenters. The van der Waals surface area contributed by atoms with E-state index in [1.165, 1.54) is 24.3 Å². The second kappa shape index (κ2) is 7.94. The number of carbonyl (C=O) groups excluding carboxylic acids is 2. The molecule has 0 atom stereocenters. The minimum atomic E-state index is -3.66. The quantitative estimate of drug-likeness (QED) is 0.775. The Bertz CT molecular complexity index is 770. The Morgan fingerprint density at radius 1 is 1.04 bits per heavy atom. The molecule has 26 heavy (non-hydrogen) atoms. The second-order valence-electron chi connectivity index (χ2n) is 6.58. The normalized spacial score (nSPS) is 18.0. The standard InChI is InChI=1S/C17H22ClN3O4S/c18-14-3-5-15(6-4-14)26(24,25)19-8-7-16(22)20-9-11-21(12-10-20)17(23)13-1-2-13/h3-6,13,19H,1-2,7-12H2. The van der Waals surface area contributed by atoms with Crippen LogP contribution in [-0.4, -0.2) is 62.8 Å². The summed E-state index contributed by atoms with van der Waals surface area (Å²) >= 11 is 5.75. The van der Waals surface area contributed by atoms with Crippen molar-refractivity contribution >= 4 is 33.4 Å². The largest absolute Gasteiger partial charge is 0.339 e. The molecule has 1 saturated heterocycles. The molecule has 1 aromatic rings. The SMILES string of the molecule is O=C(CCNS(=O)(=O)c1ccc(Cl)cc1)N1CCN(C(=O)C2CC2)CC1. The van der Waals surface area contributed by atoms with Crippen LogP contribution in [0.4, 0.5) is 0 Å². The van der Waals surface area contributed by atoms with E-state index in [1.54, 1.807) is 4.90 Å². The first-order chi connectivity index (χ1) is 12.4. The van der Waals surface area contributed by atoms with E-state index < -0.39 is 10.0 Å². The molecule has 0 bridgehead atoms. The average molecular weight is 400 g/mol. The van der Waals surface area contributed by atoms with Crippen LogP contribution in [0.25, 0.3) is 0 Å². The van der Waals surface area contributed by atoms with Gasteiger partial charge in [0.1, 0.15) is 0 Å². The first-order valence-corrected chi connectivity index (χ1v) is 10.5. The summed E-state index contributed by atoms with van der Waals surface area (Å²) in [5, 5.41) is 0.457. The number of hydrogen-bond acceptors (Lipinski definition) is 4. The smallest absolute Gasteiger partial charge is 0.240 e. The number of benzene rings is 1. The van der Waals surface area contributed by atoms with E-state index in [1.807, 2.05) is 4.90 Å². The molecule has 7 nitrogen and oxygen atoms in total. The van der Waals surface area contributed by atoms with Crippen LogP contribution in [-0.2, 0) is 19.6 Å². The predicted octanol–water partition coefficient (Wildman–Crippen LogP) is 1.09. The maximum Gasteiger partial charge on any atom is 0.240 e. The monoisotopic (exact) mass is 399 g/mol. The molecule has 142 valence electrons. The summed E-state index contributed by atoms with van der Waals surface area (Å²) in [5.41, 5.74) is 0. The minimum Gasteiger partial charge on any atom is -0.339 e. The van der Waals surface area contributed by atoms with E-state index in [4.69, 9.17) is 11.6 Å². The van der Waals surface area contributed by atoms with E-state index >= 15 is 0 Å². The molecule has 3 rings (SSSR count). The van der Waals surface area contributed by atoms with E-state index in [0.717, 1.165) is 12.8 Å². The van der Waals surface area contributed by atoms with Gasteiger partial charge in [0.25, 0.3) is 0 Å². The van der Waals surface area contributed by atoms with Gasteiger partial charge in [0.05, 0.1) is 4.90 Å². The van der Waals surface area contributed by atoms with Gasteiger partial charge in [0.2, 0.25) is 21.8 Å². The maximum atomic E-state index is 12.3. The zero-order valence-corrected chi connectivity index (χ0v) is 15.9. The van der Waals surface area contributed by atoms with Gasteiger partial charge < -0.3 is 9.80 Å². The molecule has 2 fully saturated rings. The molecule has 0 radical (unpaired) electrons. The molecule has 1 heterocycles. The molecule has 0 spiro atoms. The van der Waals surface area contributed by atoms with Gasteiger partial charge in [-0.25, -0.2) is 13.1 Å². The van der Waals surface area contributed by atoms with Crippen molar-refractivity contribution < 1.29 is 18.0 Å². The van der Waals surface area contributed by atoms with Crippen molar-refractivity contribution in [1.29, 1.82) is 0 Å². The van der Waals surface area contributed by atoms with Crippen LogP contribution in [0, 0.1) is 5.92 Å². The second-order valence-corrected chi connectivity index (χ2v) is 8.79. The van der Waals surface area contributed by atoms with Crippen LogP contribution in [0.5, 0.6) is 0 Å². The summed E-state index contributed by atoms with van der Waals surface area (Å²) < 4.78 is 26.8. The fraction of sp³-hybridized carbons (Fsp3) is 0.529. The summed E-state index contributed by atoms with van der Waals surface area (Å²) in [5.74, 6) is 0.287. The highest BCUT2D eigenvalue weighted by atomic mass is 35.5. The third-order valence-electron chi connectivity index (χ3n) is 4.63. The fourth-order valence-corrected chi connectivity index (χ4v) is 4.07. The number of rotatable bonds is 6. The Morgan fingerprint density at radius 2 is 1.62 bits per heavy atom. The molecule has 2 aliphatic rings. The van der Waals surface area contributed by atoms with Crippen molar-refractivity contribution in [3.05, 3.63) is 29.3 Å². The molecule has 1 aliphatic carbocycles. The number of nitrogens with zero attached hydrogens (tertiary/aromatic N) is 2. The lowest BCUT2D eigenvalue weighted by atomic mass is 10.2. The van der Waals surface area contributed by atoms with Gasteiger partial charge in [-0.3, -0.25) is 9.59 Å². The predicted molar refractivity (Wildman–Crippen MR) is 97.1 cm³/mol. The van der Waals surface area contributed by atoms with Crippen molar-refractivity contribution in [1.82, 2.24) is 14.5 Å². The number of nitrogens with one attached hydrogen (secondary N) is 1. The molecule has 9 heteroatoms. The van der Waals surface area contributed by atoms with Gasteiger partial charge in [0, 0.05) is 50.1 Å². The lowest BCUT2D eigenvalue weighted by Gasteiger charge is -2.35. The van der Waals surface area contributed by atoms with Crippen molar-refractivity contribution in [2.75, 3.05) is 32.7 Å². The molecular weight excluding hydrogens is 378 g/mol. The van der Waals surface area contributed by atoms with Crippen LogP contribution >= 0.6 is 11.6 Å². The lowest BCUT2D eigenvalue weighted by Crippen LogP contribution is -2.51. The van der Waals surface area contributed by atoms with Gasteiger partial charge in [-0.1, -0.05) is 11.6 Å². The minimum absolute atomic E-state index is 0.0328. The van der Waals surface area contributed by atoms with Crippen LogP contribution in [0.1, 0.15) is 19.3 Å². The first kappa shape index (κ1) is 19.1. The Hall–Kier alpha value is -1.64. The summed E-state index contributed by atoms with van der Waals surface area (Å²) in [6.07, 6.45) is 2.04. The molecule has 1 aromatic carbocycles. The fourth-order valence-electron chi connectivity index (χ4n) is 2.91. The molecule has 2 amide bonds. The lowest BCUT2D eigenvalue weighted by molar-refractivity contribution is -0.140. The van der Waals surface area contributed by atoms with Crippen molar-refractivity contribution in [2.24, 2.45) is 5.92 Å². The van der Waals surface area contributed by atoms with E-state index in [9.17, 15) is 18.0 Å². The van der Waals surface area contributed by atoms with Gasteiger partial charge in [-0.05, 0) is 37.1 Å². The summed E-state index contributed by atoms with van der Waals surface area (Å²) in [6, 6.07) is 5.85. The highest BCUT2D eigenvalue weighted by Crippen LogP contribution is 2.31. The first-order valence-electron chi connectivity index (χ1n) is 8.68. The topological polar surface area (TPSA) is 86.8 Å². The van der Waals surface area contributed by atoms with Crippen molar-refractivity contribution in [3.8, 4) is 0 Å². The van der Waals surface area contributed by atoms with Crippen LogP contribution < -0.4 is 4.72 Å². The molecular formula is C17H22ClN3O4S. The van der Waals surface area contributed by atoms with E-state index in [2.05, 4.69) is 4.72 Å². The summed E-state index contributed by atoms with van der Waals surface area (Å²) in [6.45, 7) is 2.14. The Kier molecular flexibility index (Phi) is 5.84. The third kappa shape index (κ3) is 4.75. The Morgan fingerprint density at radius 3 is 2.19 bits per heavy atom. The van der Waals surface area contributed by atoms with Gasteiger partial charge >= 0.3 is 0 Å². The third-order valence-corrected chi connectivity index (χ3v) is 6.35. The van der Waals surface area contributed by atoms with E-state index in [-0.39, 0.29) is 35.6 Å². The number of piperazine rings is 1. The summed E-state index contributed by atoms with van der Waals surface area (Å²) in [7, 11) is -3.66. The van der Waals surface area contributed by atoms with Crippen molar-refractivity contribution in [3.63, 3.8) is 0 Å². The Balaban J connectivity index is 1.43. The number of halogens is 1. The maximum absolute atomic E-state index is 12.3. The molecule has 1 saturated carbocycles. The van der Waals surface area contributed by atoms with Crippen molar-refractivity contribution in [2.45, 2.75) is 24.2 Å². The zero-order chi connectivity index (χ0) is 18.7. The number of sulfonamides is 1. The average Bonchev–Trinajstić information content (AvgIpc) is 3.46.